The summed E-state index contributed by atoms with van der Waals surface area (Å²) in [6.45, 7) is 8.75. The van der Waals surface area contributed by atoms with Crippen LogP contribution in [-0.4, -0.2) is 35.8 Å². The summed E-state index contributed by atoms with van der Waals surface area (Å²) in [5, 5.41) is 0. The van der Waals surface area contributed by atoms with Crippen LogP contribution in [0.25, 0.3) is 0 Å². The summed E-state index contributed by atoms with van der Waals surface area (Å²) in [6.07, 6.45) is 6.69. The van der Waals surface area contributed by atoms with Crippen molar-refractivity contribution in [1.82, 2.24) is 0 Å². The Morgan fingerprint density at radius 3 is 1.67 bits per heavy atom. The lowest BCUT2D eigenvalue weighted by Gasteiger charge is -2.31. The molecule has 0 heterocycles. The molecule has 0 bridgehead atoms. The molecule has 0 aromatic rings. The molecule has 0 saturated heterocycles. The van der Waals surface area contributed by atoms with Gasteiger partial charge in [-0.25, -0.2) is 0 Å². The summed E-state index contributed by atoms with van der Waals surface area (Å²) in [7, 11) is -3.47. The number of hydrogen-bond donors (Lipinski definition) is 1. The van der Waals surface area contributed by atoms with Gasteiger partial charge in [0.25, 0.3) is 0 Å². The highest BCUT2D eigenvalue weighted by Gasteiger charge is 2.44. The average Bonchev–Trinajstić information content (AvgIpc) is 2.46. The van der Waals surface area contributed by atoms with E-state index in [2.05, 4.69) is 33.4 Å². The lowest BCUT2D eigenvalue weighted by Crippen LogP contribution is -2.52. The molecule has 0 fully saturated rings. The van der Waals surface area contributed by atoms with Crippen LogP contribution in [0.3, 0.4) is 0 Å². The Hall–Kier alpha value is 0.380. The molecular weight excluding hydrogens is 306 g/mol. The van der Waals surface area contributed by atoms with Crippen LogP contribution in [0.1, 0.15) is 65.7 Å². The van der Waals surface area contributed by atoms with Crippen molar-refractivity contribution in [2.75, 3.05) is 31.1 Å². The van der Waals surface area contributed by atoms with Crippen LogP contribution in [0.5, 0.6) is 0 Å². The van der Waals surface area contributed by atoms with Gasteiger partial charge in [-0.15, -0.1) is 4.65 Å². The van der Waals surface area contributed by atoms with Crippen molar-refractivity contribution in [3.8, 4) is 0 Å². The average molecular weight is 341 g/mol. The predicted octanol–water partition coefficient (Wildman–Crippen LogP) is 4.22. The van der Waals surface area contributed by atoms with Crippen LogP contribution in [0, 0.1) is 0 Å². The molecular formula is C15H34NO3S2+2. The zero-order valence-electron chi connectivity index (χ0n) is 14.0. The maximum absolute atomic E-state index is 12.2. The minimum atomic E-state index is -3.47. The van der Waals surface area contributed by atoms with E-state index in [0.29, 0.717) is 12.2 Å². The number of hydroxylamine groups is 3. The van der Waals surface area contributed by atoms with E-state index in [9.17, 15) is 8.76 Å². The fourth-order valence-corrected chi connectivity index (χ4v) is 3.96. The molecule has 127 valence electrons. The second kappa shape index (κ2) is 11.9. The molecule has 0 N–H and O–H groups in total. The van der Waals surface area contributed by atoms with E-state index in [1.54, 1.807) is 0 Å². The molecule has 0 rings (SSSR count). The van der Waals surface area contributed by atoms with E-state index < -0.39 is 10.5 Å². The Morgan fingerprint density at radius 2 is 1.33 bits per heavy atom. The first-order chi connectivity index (χ1) is 9.95. The molecule has 0 spiro atoms. The highest BCUT2D eigenvalue weighted by atomic mass is 32.3. The molecule has 0 saturated carbocycles. The highest BCUT2D eigenvalue weighted by molar-refractivity contribution is 7.92. The van der Waals surface area contributed by atoms with Crippen molar-refractivity contribution in [3.63, 3.8) is 0 Å². The zero-order valence-corrected chi connectivity index (χ0v) is 15.7. The van der Waals surface area contributed by atoms with Gasteiger partial charge in [0.05, 0.1) is 8.84 Å². The van der Waals surface area contributed by atoms with E-state index >= 15 is 0 Å². The van der Waals surface area contributed by atoms with Crippen LogP contribution < -0.4 is 0 Å². The third kappa shape index (κ3) is 9.89. The third-order valence-corrected chi connectivity index (χ3v) is 5.23. The van der Waals surface area contributed by atoms with Gasteiger partial charge < -0.3 is 0 Å². The van der Waals surface area contributed by atoms with Gasteiger partial charge in [-0.1, -0.05) is 40.0 Å². The first-order valence-corrected chi connectivity index (χ1v) is 10.6. The van der Waals surface area contributed by atoms with Gasteiger partial charge in [-0.3, -0.25) is 0 Å². The number of hydrogen-bond acceptors (Lipinski definition) is 3. The first-order valence-electron chi connectivity index (χ1n) is 8.36. The van der Waals surface area contributed by atoms with Crippen molar-refractivity contribution in [3.05, 3.63) is 0 Å². The van der Waals surface area contributed by atoms with E-state index in [0.717, 1.165) is 58.2 Å². The number of unbranched alkanes of at least 4 members (excludes halogenated alkanes) is 3. The van der Waals surface area contributed by atoms with Crippen LogP contribution in [0.15, 0.2) is 0 Å². The van der Waals surface area contributed by atoms with E-state index in [4.69, 9.17) is 4.28 Å². The Morgan fingerprint density at radius 1 is 0.905 bits per heavy atom. The van der Waals surface area contributed by atoms with Gasteiger partial charge in [0.2, 0.25) is 0 Å². The SMILES string of the molecule is CCCC[N+](CCCC)(CCCC)O[S+]([O])(=O)CCCS. The molecule has 0 aromatic heterocycles. The second-order valence-electron chi connectivity index (χ2n) is 5.70. The summed E-state index contributed by atoms with van der Waals surface area (Å²) in [5.41, 5.74) is 0. The van der Waals surface area contributed by atoms with Crippen molar-refractivity contribution < 1.29 is 17.7 Å². The monoisotopic (exact) mass is 340 g/mol. The maximum atomic E-state index is 12.2. The summed E-state index contributed by atoms with van der Waals surface area (Å²) in [4.78, 5) is 0. The molecule has 1 unspecified atom stereocenters. The summed E-state index contributed by atoms with van der Waals surface area (Å²) in [5.74, 6) is 0.641. The van der Waals surface area contributed by atoms with Gasteiger partial charge in [-0.2, -0.15) is 12.6 Å². The number of nitrogens with zero attached hydrogens (tertiary/aromatic N) is 1. The lowest BCUT2D eigenvalue weighted by atomic mass is 10.2. The number of quaternary nitrogens is 1. The fourth-order valence-electron chi connectivity index (χ4n) is 2.31. The van der Waals surface area contributed by atoms with Crippen molar-refractivity contribution in [2.24, 2.45) is 0 Å². The van der Waals surface area contributed by atoms with Crippen molar-refractivity contribution >= 4 is 23.1 Å². The lowest BCUT2D eigenvalue weighted by molar-refractivity contribution is -1.08. The van der Waals surface area contributed by atoms with Crippen LogP contribution in [0.2, 0.25) is 0 Å². The largest absolute Gasteiger partial charge is 0.449 e. The Labute approximate surface area is 138 Å². The molecule has 0 aliphatic carbocycles. The number of thiol groups is 1. The minimum Gasteiger partial charge on any atom is -0.179 e. The van der Waals surface area contributed by atoms with Crippen LogP contribution in [-0.2, 0) is 23.5 Å². The van der Waals surface area contributed by atoms with Gasteiger partial charge >= 0.3 is 10.5 Å². The third-order valence-electron chi connectivity index (χ3n) is 3.58. The smallest absolute Gasteiger partial charge is 0.179 e. The summed E-state index contributed by atoms with van der Waals surface area (Å²) >= 11 is 4.09. The minimum absolute atomic E-state index is 0.0703. The van der Waals surface area contributed by atoms with Crippen molar-refractivity contribution in [2.45, 2.75) is 65.7 Å². The zero-order chi connectivity index (χ0) is 16.2. The molecule has 1 atom stereocenters. The van der Waals surface area contributed by atoms with Gasteiger partial charge in [0.1, 0.15) is 19.6 Å². The van der Waals surface area contributed by atoms with Crippen LogP contribution >= 0.6 is 12.6 Å². The Kier molecular flexibility index (Phi) is 12.1. The molecule has 6 heteroatoms. The maximum Gasteiger partial charge on any atom is 0.449 e. The van der Waals surface area contributed by atoms with Gasteiger partial charge in [-0.05, 0) is 29.2 Å². The Bertz CT molecular complexity index is 279. The topological polar surface area (TPSA) is 46.2 Å². The van der Waals surface area contributed by atoms with E-state index in [-0.39, 0.29) is 10.4 Å². The molecule has 1 radical (unpaired) electrons. The fraction of sp³-hybridized carbons (Fsp3) is 1.00. The van der Waals surface area contributed by atoms with E-state index in [1.807, 2.05) is 0 Å². The second-order valence-corrected chi connectivity index (χ2v) is 7.82. The first kappa shape index (κ1) is 21.4. The summed E-state index contributed by atoms with van der Waals surface area (Å²) < 4.78 is 30.4. The highest BCUT2D eigenvalue weighted by Crippen LogP contribution is 2.22. The Balaban J connectivity index is 4.96. The standard InChI is InChI=1S/C15H33NO3S2/c1-4-7-11-16(12-8-5-2,13-9-6-3)19-21(17,18)15-10-14-20/h4-15H2,1-3H3/q+1/p+1. The predicted molar refractivity (Wildman–Crippen MR) is 92.7 cm³/mol. The molecule has 4 nitrogen and oxygen atoms in total. The molecule has 0 amide bonds. The van der Waals surface area contributed by atoms with Crippen molar-refractivity contribution in [1.29, 1.82) is 0 Å². The van der Waals surface area contributed by atoms with Gasteiger partial charge in [0, 0.05) is 6.42 Å². The van der Waals surface area contributed by atoms with Gasteiger partial charge in [0.15, 0.2) is 5.75 Å². The molecule has 0 aromatic carbocycles. The molecule has 0 aliphatic heterocycles. The molecule has 0 aliphatic rings. The number of rotatable bonds is 14. The quantitative estimate of drug-likeness (QED) is 0.223. The molecule has 21 heavy (non-hydrogen) atoms. The van der Waals surface area contributed by atoms with Crippen LogP contribution in [0.4, 0.5) is 0 Å². The summed E-state index contributed by atoms with van der Waals surface area (Å²) in [6, 6.07) is 0. The normalized spacial score (nSPS) is 15.1. The van der Waals surface area contributed by atoms with E-state index in [1.165, 1.54) is 0 Å².